The van der Waals surface area contributed by atoms with Crippen molar-refractivity contribution in [3.63, 3.8) is 0 Å². The highest BCUT2D eigenvalue weighted by Crippen LogP contribution is 2.50. The van der Waals surface area contributed by atoms with Gasteiger partial charge in [0.2, 0.25) is 0 Å². The van der Waals surface area contributed by atoms with Crippen molar-refractivity contribution in [2.24, 2.45) is 0 Å². The highest BCUT2D eigenvalue weighted by atomic mass is 35.9. The Balaban J connectivity index is 5.04. The van der Waals surface area contributed by atoms with E-state index in [0.717, 1.165) is 0 Å². The lowest BCUT2D eigenvalue weighted by Crippen LogP contribution is -2.61. The van der Waals surface area contributed by atoms with Crippen LogP contribution in [0.3, 0.4) is 0 Å². The Kier molecular flexibility index (Phi) is 5.91. The van der Waals surface area contributed by atoms with Crippen molar-refractivity contribution >= 4 is 95.0 Å². The summed E-state index contributed by atoms with van der Waals surface area (Å²) in [7, 11) is 0. The van der Waals surface area contributed by atoms with Gasteiger partial charge >= 0.3 is 11.2 Å². The fourth-order valence-electron chi connectivity index (χ4n) is 0.552. The molecular weight excluding hydrogens is 368 g/mol. The van der Waals surface area contributed by atoms with E-state index in [4.69, 9.17) is 77.6 Å². The zero-order valence-electron chi connectivity index (χ0n) is 6.72. The minimum absolute atomic E-state index is 0.0272. The zero-order valence-corrected chi connectivity index (χ0v) is 15.0. The number of rotatable bonds is 3. The second-order valence-electron chi connectivity index (χ2n) is 2.85. The van der Waals surface area contributed by atoms with Crippen LogP contribution >= 0.6 is 77.6 Å². The summed E-state index contributed by atoms with van der Waals surface area (Å²) < 4.78 is 0. The lowest BCUT2D eigenvalue weighted by molar-refractivity contribution is 1.06. The third-order valence-corrected chi connectivity index (χ3v) is 59.5. The van der Waals surface area contributed by atoms with Gasteiger partial charge in [0.1, 0.15) is 0 Å². The molecule has 0 spiro atoms. The first kappa shape index (κ1) is 15.7. The molecule has 0 aliphatic carbocycles. The van der Waals surface area contributed by atoms with Crippen molar-refractivity contribution in [1.29, 1.82) is 0 Å². The average molecular weight is 376 g/mol. The molecule has 0 aromatic heterocycles. The summed E-state index contributed by atoms with van der Waals surface area (Å²) in [4.78, 5) is 0. The second-order valence-corrected chi connectivity index (χ2v) is 41.6. The predicted molar refractivity (Wildman–Crippen MR) is 73.3 cm³/mol. The first-order valence-corrected chi connectivity index (χ1v) is 18.4. The van der Waals surface area contributed by atoms with Crippen molar-refractivity contribution in [3.05, 3.63) is 0 Å². The van der Waals surface area contributed by atoms with Gasteiger partial charge in [-0.05, 0) is 5.54 Å². The summed E-state index contributed by atoms with van der Waals surface area (Å²) in [6.07, 6.45) is -2.86. The number of hydrogen-bond donors (Lipinski definition) is 0. The van der Waals surface area contributed by atoms with Gasteiger partial charge in [-0.2, -0.15) is 0 Å². The predicted octanol–water partition coefficient (Wildman–Crippen LogP) is 5.05. The molecule has 0 saturated carbocycles. The van der Waals surface area contributed by atoms with E-state index in [1.807, 2.05) is 13.8 Å². The van der Waals surface area contributed by atoms with Gasteiger partial charge in [-0.1, -0.05) is 13.8 Å². The first-order valence-electron chi connectivity index (χ1n) is 3.27. The molecule has 0 unspecified atom stereocenters. The highest BCUT2D eigenvalue weighted by Gasteiger charge is 2.68. The minimum atomic E-state index is -3.20. The molecule has 0 aliphatic heterocycles. The van der Waals surface area contributed by atoms with Crippen molar-refractivity contribution in [3.8, 4) is 0 Å². The third-order valence-electron chi connectivity index (χ3n) is 1.50. The highest BCUT2D eigenvalue weighted by molar-refractivity contribution is 8.20. The summed E-state index contributed by atoms with van der Waals surface area (Å²) in [6, 6.07) is 0. The van der Waals surface area contributed by atoms with E-state index in [2.05, 4.69) is 0 Å². The molecule has 10 heteroatoms. The number of hydrogen-bond acceptors (Lipinski definition) is 0. The van der Waals surface area contributed by atoms with Gasteiger partial charge in [-0.3, -0.25) is 0 Å². The van der Waals surface area contributed by atoms with E-state index >= 15 is 0 Å². The minimum Gasteiger partial charge on any atom is -0.146 e. The first-order chi connectivity index (χ1) is 5.44. The Hall–Kier alpha value is 2.68. The molecular formula is C3H7Cl7Si3. The SMILES string of the molecule is CC(C)[Si](Cl)(Cl)[Si](Cl)(Cl)[Si](Cl)(Cl)Cl. The van der Waals surface area contributed by atoms with Gasteiger partial charge in [0.05, 0.1) is 0 Å². The lowest BCUT2D eigenvalue weighted by atomic mass is 10.6. The molecule has 0 N–H and O–H groups in total. The molecule has 0 rings (SSSR count). The maximum absolute atomic E-state index is 6.13. The smallest absolute Gasteiger partial charge is 0.146 e. The fourth-order valence-corrected chi connectivity index (χ4v) is 42.5. The maximum atomic E-state index is 6.13. The van der Waals surface area contributed by atoms with Crippen LogP contribution in [-0.4, -0.2) is 17.5 Å². The van der Waals surface area contributed by atoms with E-state index in [-0.39, 0.29) is 5.54 Å². The van der Waals surface area contributed by atoms with Crippen LogP contribution in [0.2, 0.25) is 5.54 Å². The molecule has 0 nitrogen and oxygen atoms in total. The second kappa shape index (κ2) is 4.90. The van der Waals surface area contributed by atoms with Crippen LogP contribution in [0.1, 0.15) is 13.8 Å². The zero-order chi connectivity index (χ0) is 11.1. The van der Waals surface area contributed by atoms with E-state index in [1.165, 1.54) is 0 Å². The Morgan fingerprint density at radius 1 is 0.769 bits per heavy atom. The molecule has 0 heterocycles. The summed E-state index contributed by atoms with van der Waals surface area (Å²) in [6.45, 7) is 3.67. The van der Waals surface area contributed by atoms with Crippen molar-refractivity contribution in [2.45, 2.75) is 19.4 Å². The molecule has 0 bridgehead atoms. The monoisotopic (exact) mass is 372 g/mol. The molecule has 0 atom stereocenters. The summed E-state index contributed by atoms with van der Waals surface area (Å²) in [5.41, 5.74) is -6.37. The van der Waals surface area contributed by atoms with E-state index < -0.39 is 17.5 Å². The van der Waals surface area contributed by atoms with Crippen molar-refractivity contribution in [1.82, 2.24) is 0 Å². The Labute approximate surface area is 113 Å². The van der Waals surface area contributed by atoms with Crippen molar-refractivity contribution < 1.29 is 0 Å². The van der Waals surface area contributed by atoms with E-state index in [1.54, 1.807) is 0 Å². The standard InChI is InChI=1S/C3H7Cl7Si3/c1-3(2)11(4,5)13(9,10)12(6,7)8/h3H,1-2H3. The van der Waals surface area contributed by atoms with Crippen molar-refractivity contribution in [2.75, 3.05) is 0 Å². The maximum Gasteiger partial charge on any atom is 0.358 e. The largest absolute Gasteiger partial charge is 0.358 e. The van der Waals surface area contributed by atoms with Crippen LogP contribution in [0.4, 0.5) is 0 Å². The fraction of sp³-hybridized carbons (Fsp3) is 1.00. The molecule has 0 radical (unpaired) electrons. The molecule has 80 valence electrons. The molecule has 13 heavy (non-hydrogen) atoms. The Bertz CT molecular complexity index is 184. The van der Waals surface area contributed by atoms with Gasteiger partial charge in [-0.25, -0.2) is 0 Å². The summed E-state index contributed by atoms with van der Waals surface area (Å²) in [5, 5.41) is 0. The molecule has 0 aromatic carbocycles. The summed E-state index contributed by atoms with van der Waals surface area (Å²) >= 11 is 41.8. The van der Waals surface area contributed by atoms with Crippen LogP contribution in [0.15, 0.2) is 0 Å². The van der Waals surface area contributed by atoms with Gasteiger partial charge in [-0.15, -0.1) is 77.6 Å². The van der Waals surface area contributed by atoms with E-state index in [9.17, 15) is 0 Å². The number of halogens is 7. The lowest BCUT2D eigenvalue weighted by Gasteiger charge is -2.34. The quantitative estimate of drug-likeness (QED) is 0.478. The normalized spacial score (nSPS) is 15.2. The Morgan fingerprint density at radius 2 is 1.08 bits per heavy atom. The Morgan fingerprint density at radius 3 is 1.15 bits per heavy atom. The molecule has 0 aliphatic rings. The van der Waals surface area contributed by atoms with Gasteiger partial charge in [0, 0.05) is 0 Å². The van der Waals surface area contributed by atoms with Crippen LogP contribution in [0, 0.1) is 0 Å². The van der Waals surface area contributed by atoms with Crippen LogP contribution < -0.4 is 0 Å². The molecule has 0 fully saturated rings. The van der Waals surface area contributed by atoms with Gasteiger partial charge < -0.3 is 0 Å². The summed E-state index contributed by atoms with van der Waals surface area (Å²) in [5.74, 6) is 0. The van der Waals surface area contributed by atoms with E-state index in [0.29, 0.717) is 0 Å². The molecule has 0 amide bonds. The van der Waals surface area contributed by atoms with Gasteiger partial charge in [0.25, 0.3) is 6.21 Å². The third kappa shape index (κ3) is 3.32. The molecule has 0 saturated heterocycles. The topological polar surface area (TPSA) is 0 Å². The van der Waals surface area contributed by atoms with Crippen LogP contribution in [0.25, 0.3) is 0 Å². The van der Waals surface area contributed by atoms with Crippen LogP contribution in [0.5, 0.6) is 0 Å². The van der Waals surface area contributed by atoms with Crippen LogP contribution in [-0.2, 0) is 0 Å². The average Bonchev–Trinajstić information content (AvgIpc) is 1.84. The molecule has 0 aromatic rings. The van der Waals surface area contributed by atoms with Gasteiger partial charge in [0.15, 0.2) is 0 Å².